The van der Waals surface area contributed by atoms with Crippen LogP contribution < -0.4 is 9.80 Å². The van der Waals surface area contributed by atoms with Crippen LogP contribution in [0.4, 0.5) is 38.5 Å². The zero-order valence-electron chi connectivity index (χ0n) is 40.1. The normalized spacial score (nSPS) is 11.1. The van der Waals surface area contributed by atoms with E-state index in [1.165, 1.54) is 61.7 Å². The van der Waals surface area contributed by atoms with Crippen LogP contribution in [0.5, 0.6) is 0 Å². The second-order valence-corrected chi connectivity index (χ2v) is 18.2. The monoisotopic (exact) mass is 894 g/mol. The molecule has 0 heterocycles. The molecule has 0 spiro atoms. The van der Waals surface area contributed by atoms with E-state index < -0.39 is 0 Å². The molecular weight excluding hydrogens is 840 g/mol. The molecule has 0 fully saturated rings. The first-order valence-electron chi connectivity index (χ1n) is 23.8. The number of para-hydroxylation sites is 1. The first kappa shape index (κ1) is 44.6. The molecule has 10 aromatic rings. The van der Waals surface area contributed by atoms with E-state index in [0.29, 0.717) is 5.69 Å². The number of nitrogens with zero attached hydrogens (tertiary/aromatic N) is 2. The van der Waals surface area contributed by atoms with E-state index in [4.69, 9.17) is 0 Å². The highest BCUT2D eigenvalue weighted by molar-refractivity contribution is 5.99. The topological polar surface area (TPSA) is 6.48 Å². The van der Waals surface area contributed by atoms with Crippen molar-refractivity contribution >= 4 is 34.1 Å². The number of rotatable bonds is 11. The van der Waals surface area contributed by atoms with Gasteiger partial charge in [0.2, 0.25) is 0 Å². The molecule has 0 amide bonds. The van der Waals surface area contributed by atoms with Crippen molar-refractivity contribution in [2.75, 3.05) is 9.80 Å². The van der Waals surface area contributed by atoms with Crippen LogP contribution in [-0.2, 0) is 0 Å². The van der Waals surface area contributed by atoms with Gasteiger partial charge in [0.05, 0.1) is 5.69 Å². The number of anilines is 6. The molecule has 69 heavy (non-hydrogen) atoms. The summed E-state index contributed by atoms with van der Waals surface area (Å²) in [7, 11) is 0. The van der Waals surface area contributed by atoms with Crippen molar-refractivity contribution in [3.8, 4) is 55.6 Å². The summed E-state index contributed by atoms with van der Waals surface area (Å²) >= 11 is 0. The predicted octanol–water partition coefficient (Wildman–Crippen LogP) is 19.0. The third-order valence-corrected chi connectivity index (χ3v) is 13.5. The Balaban J connectivity index is 1.27. The molecule has 0 bridgehead atoms. The quantitative estimate of drug-likeness (QED) is 0.128. The van der Waals surface area contributed by atoms with Gasteiger partial charge in [-0.25, -0.2) is 4.39 Å². The molecule has 10 rings (SSSR count). The highest BCUT2D eigenvalue weighted by atomic mass is 19.1. The van der Waals surface area contributed by atoms with Crippen LogP contribution in [0.1, 0.15) is 33.4 Å². The smallest absolute Gasteiger partial charge is 0.125 e. The minimum absolute atomic E-state index is 0.309. The van der Waals surface area contributed by atoms with Crippen LogP contribution >= 0.6 is 0 Å². The lowest BCUT2D eigenvalue weighted by atomic mass is 9.92. The molecule has 0 aliphatic carbocycles. The molecular formula is C66H55FN2. The van der Waals surface area contributed by atoms with Gasteiger partial charge in [-0.2, -0.15) is 0 Å². The fourth-order valence-electron chi connectivity index (χ4n) is 10.3. The molecule has 0 saturated carbocycles. The number of hydrogen-bond donors (Lipinski definition) is 0. The predicted molar refractivity (Wildman–Crippen MR) is 291 cm³/mol. The van der Waals surface area contributed by atoms with Gasteiger partial charge in [0.1, 0.15) is 5.82 Å². The van der Waals surface area contributed by atoms with Gasteiger partial charge in [0.25, 0.3) is 0 Å². The molecule has 0 atom stereocenters. The van der Waals surface area contributed by atoms with E-state index in [9.17, 15) is 0 Å². The van der Waals surface area contributed by atoms with Crippen molar-refractivity contribution in [1.29, 1.82) is 0 Å². The summed E-state index contributed by atoms with van der Waals surface area (Å²) in [6.07, 6.45) is 0. The average Bonchev–Trinajstić information content (AvgIpc) is 3.35. The minimum Gasteiger partial charge on any atom is -0.310 e. The summed E-state index contributed by atoms with van der Waals surface area (Å²) in [4.78, 5) is 4.63. The Bertz CT molecular complexity index is 3230. The maximum Gasteiger partial charge on any atom is 0.125 e. The fraction of sp³-hybridized carbons (Fsp3) is 0.0909. The molecule has 10 aromatic carbocycles. The highest BCUT2D eigenvalue weighted by Crippen LogP contribution is 2.50. The molecule has 0 N–H and O–H groups in total. The first-order chi connectivity index (χ1) is 33.6. The lowest BCUT2D eigenvalue weighted by Gasteiger charge is -2.33. The molecule has 0 aliphatic heterocycles. The lowest BCUT2D eigenvalue weighted by Crippen LogP contribution is -2.15. The Hall–Kier alpha value is -8.27. The number of aryl methyl sites for hydroxylation is 6. The van der Waals surface area contributed by atoms with Crippen molar-refractivity contribution in [2.24, 2.45) is 0 Å². The Morgan fingerprint density at radius 3 is 1.06 bits per heavy atom. The lowest BCUT2D eigenvalue weighted by molar-refractivity contribution is 0.628. The van der Waals surface area contributed by atoms with Crippen LogP contribution in [0.25, 0.3) is 55.6 Å². The van der Waals surface area contributed by atoms with Gasteiger partial charge in [-0.1, -0.05) is 164 Å². The summed E-state index contributed by atoms with van der Waals surface area (Å²) in [6, 6.07) is 78.9. The summed E-state index contributed by atoms with van der Waals surface area (Å²) in [5.74, 6) is -0.309. The van der Waals surface area contributed by atoms with Crippen LogP contribution in [0.3, 0.4) is 0 Å². The SMILES string of the molecule is Cc1cccc(C)c1-c1ccc(N(c2ccc(-c3c(C)cccc3C)cc2)c2cc(-c3c(C)cccc3C)cc(N(c3cccc(F)c3)c3c(-c4ccccc4)cccc3-c3ccccc3)c2)cc1. The largest absolute Gasteiger partial charge is 0.310 e. The molecule has 0 aliphatic rings. The van der Waals surface area contributed by atoms with Crippen molar-refractivity contribution in [2.45, 2.75) is 41.5 Å². The van der Waals surface area contributed by atoms with Crippen molar-refractivity contribution < 1.29 is 4.39 Å². The maximum atomic E-state index is 15.9. The van der Waals surface area contributed by atoms with Gasteiger partial charge in [-0.15, -0.1) is 0 Å². The van der Waals surface area contributed by atoms with E-state index in [-0.39, 0.29) is 5.82 Å². The summed E-state index contributed by atoms with van der Waals surface area (Å²) < 4.78 is 15.9. The van der Waals surface area contributed by atoms with E-state index in [1.54, 1.807) is 6.07 Å². The summed E-state index contributed by atoms with van der Waals surface area (Å²) in [6.45, 7) is 13.1. The van der Waals surface area contributed by atoms with Gasteiger partial charge in [-0.3, -0.25) is 0 Å². The van der Waals surface area contributed by atoms with E-state index in [2.05, 4.69) is 239 Å². The first-order valence-corrected chi connectivity index (χ1v) is 23.8. The van der Waals surface area contributed by atoms with Crippen LogP contribution in [0.2, 0.25) is 0 Å². The number of hydrogen-bond acceptors (Lipinski definition) is 2. The van der Waals surface area contributed by atoms with Crippen LogP contribution in [-0.4, -0.2) is 0 Å². The Labute approximate surface area is 407 Å². The Morgan fingerprint density at radius 1 is 0.261 bits per heavy atom. The van der Waals surface area contributed by atoms with Gasteiger partial charge >= 0.3 is 0 Å². The van der Waals surface area contributed by atoms with Gasteiger partial charge < -0.3 is 9.80 Å². The van der Waals surface area contributed by atoms with Crippen LogP contribution in [0, 0.1) is 47.4 Å². The van der Waals surface area contributed by atoms with Crippen molar-refractivity contribution in [3.05, 3.63) is 264 Å². The molecule has 336 valence electrons. The summed E-state index contributed by atoms with van der Waals surface area (Å²) in [5, 5.41) is 0. The molecule has 0 unspecified atom stereocenters. The second-order valence-electron chi connectivity index (χ2n) is 18.2. The molecule has 0 saturated heterocycles. The zero-order valence-corrected chi connectivity index (χ0v) is 40.1. The van der Waals surface area contributed by atoms with Crippen molar-refractivity contribution in [1.82, 2.24) is 0 Å². The van der Waals surface area contributed by atoms with Gasteiger partial charge in [-0.05, 0) is 180 Å². The molecule has 0 aromatic heterocycles. The Kier molecular flexibility index (Phi) is 12.4. The minimum atomic E-state index is -0.309. The number of benzene rings is 10. The number of halogens is 1. The van der Waals surface area contributed by atoms with E-state index >= 15 is 4.39 Å². The summed E-state index contributed by atoms with van der Waals surface area (Å²) in [5.41, 5.74) is 24.1. The maximum absolute atomic E-state index is 15.9. The van der Waals surface area contributed by atoms with E-state index in [0.717, 1.165) is 61.8 Å². The van der Waals surface area contributed by atoms with Crippen LogP contribution in [0.15, 0.2) is 224 Å². The molecule has 2 nitrogen and oxygen atoms in total. The highest BCUT2D eigenvalue weighted by Gasteiger charge is 2.26. The van der Waals surface area contributed by atoms with E-state index in [1.807, 2.05) is 24.3 Å². The fourth-order valence-corrected chi connectivity index (χ4v) is 10.3. The van der Waals surface area contributed by atoms with Gasteiger partial charge in [0, 0.05) is 39.6 Å². The standard InChI is InChI=1S/C66H55FN2/c1-44-18-13-19-45(2)63(44)52-32-36-56(37-33-52)68(57-38-34-53(35-39-57)64-46(3)20-14-21-47(64)4)59-40-54(65-48(5)22-15-23-49(65)6)41-60(43-59)69(58-29-16-28-55(67)42-58)66-61(50-24-9-7-10-25-50)30-17-31-62(66)51-26-11-8-12-27-51/h7-43H,1-6H3. The van der Waals surface area contributed by atoms with Crippen molar-refractivity contribution in [3.63, 3.8) is 0 Å². The van der Waals surface area contributed by atoms with Gasteiger partial charge in [0.15, 0.2) is 0 Å². The third kappa shape index (κ3) is 8.88. The third-order valence-electron chi connectivity index (χ3n) is 13.5. The average molecular weight is 895 g/mol. The Morgan fingerprint density at radius 2 is 0.638 bits per heavy atom. The zero-order chi connectivity index (χ0) is 47.6. The molecule has 3 heteroatoms. The second kappa shape index (κ2) is 19.1. The molecule has 0 radical (unpaired) electrons.